The third-order valence-electron chi connectivity index (χ3n) is 1.89. The molecule has 0 aliphatic rings. The van der Waals surface area contributed by atoms with Crippen molar-refractivity contribution in [2.24, 2.45) is 10.6 Å². The summed E-state index contributed by atoms with van der Waals surface area (Å²) >= 11 is 0. The van der Waals surface area contributed by atoms with Gasteiger partial charge in [-0.15, -0.1) is 0 Å². The van der Waals surface area contributed by atoms with Gasteiger partial charge in [0.2, 0.25) is 0 Å². The number of rotatable bonds is 4. The summed E-state index contributed by atoms with van der Waals surface area (Å²) in [5.41, 5.74) is -0.433. The molecule has 4 heteroatoms. The van der Waals surface area contributed by atoms with Crippen LogP contribution in [-0.4, -0.2) is 17.6 Å². The van der Waals surface area contributed by atoms with Crippen LogP contribution in [0.15, 0.2) is 5.16 Å². The van der Waals surface area contributed by atoms with Gasteiger partial charge in [0.05, 0.1) is 11.8 Å². The van der Waals surface area contributed by atoms with Crippen LogP contribution in [0, 0.1) is 16.7 Å². The molecule has 0 amide bonds. The van der Waals surface area contributed by atoms with E-state index < -0.39 is 12.1 Å². The second-order valence-corrected chi connectivity index (χ2v) is 3.22. The maximum Gasteiger partial charge on any atom is 0.131 e. The fourth-order valence-corrected chi connectivity index (χ4v) is 0.856. The molecular weight excluding hydrogens is 159 g/mol. The first-order valence-corrected chi connectivity index (χ1v) is 3.73. The predicted octanol–water partition coefficient (Wildman–Crippen LogP) is 2.12. The fraction of sp³-hybridized carbons (Fsp3) is 0.750. The quantitative estimate of drug-likeness (QED) is 0.401. The molecule has 0 aromatic rings. The minimum absolute atomic E-state index is 0.0951. The number of oxime groups is 1. The van der Waals surface area contributed by atoms with E-state index in [-0.39, 0.29) is 5.71 Å². The molecule has 0 saturated heterocycles. The van der Waals surface area contributed by atoms with Crippen LogP contribution in [0.1, 0.15) is 26.7 Å². The van der Waals surface area contributed by atoms with Crippen molar-refractivity contribution in [3.8, 4) is 6.07 Å². The first-order chi connectivity index (χ1) is 5.58. The van der Waals surface area contributed by atoms with Crippen LogP contribution in [0.25, 0.3) is 0 Å². The lowest BCUT2D eigenvalue weighted by Gasteiger charge is -2.22. The van der Waals surface area contributed by atoms with Crippen molar-refractivity contribution in [2.45, 2.75) is 26.7 Å². The van der Waals surface area contributed by atoms with Gasteiger partial charge in [-0.3, -0.25) is 0 Å². The van der Waals surface area contributed by atoms with Gasteiger partial charge >= 0.3 is 0 Å². The van der Waals surface area contributed by atoms with Crippen LogP contribution in [-0.2, 0) is 0 Å². The molecule has 3 nitrogen and oxygen atoms in total. The van der Waals surface area contributed by atoms with Gasteiger partial charge < -0.3 is 5.21 Å². The molecule has 0 heterocycles. The zero-order valence-corrected chi connectivity index (χ0v) is 7.34. The van der Waals surface area contributed by atoms with Crippen LogP contribution in [0.4, 0.5) is 4.39 Å². The van der Waals surface area contributed by atoms with Gasteiger partial charge in [-0.05, 0) is 6.42 Å². The number of nitriles is 1. The van der Waals surface area contributed by atoms with Crippen molar-refractivity contribution in [3.63, 3.8) is 0 Å². The highest BCUT2D eigenvalue weighted by Gasteiger charge is 2.25. The summed E-state index contributed by atoms with van der Waals surface area (Å²) in [5, 5.41) is 19.6. The Bertz CT molecular complexity index is 206. The predicted molar refractivity (Wildman–Crippen MR) is 43.8 cm³/mol. The summed E-state index contributed by atoms with van der Waals surface area (Å²) in [4.78, 5) is 0. The van der Waals surface area contributed by atoms with Crippen molar-refractivity contribution >= 4 is 5.71 Å². The first kappa shape index (κ1) is 10.9. The highest BCUT2D eigenvalue weighted by atomic mass is 19.1. The molecule has 0 aliphatic carbocycles. The summed E-state index contributed by atoms with van der Waals surface area (Å²) < 4.78 is 12.2. The van der Waals surface area contributed by atoms with Crippen molar-refractivity contribution < 1.29 is 9.60 Å². The second-order valence-electron chi connectivity index (χ2n) is 3.22. The normalized spacial score (nSPS) is 12.7. The lowest BCUT2D eigenvalue weighted by molar-refractivity contribution is 0.301. The molecule has 68 valence electrons. The Kier molecular flexibility index (Phi) is 4.27. The van der Waals surface area contributed by atoms with E-state index in [9.17, 15) is 4.39 Å². The number of alkyl halides is 1. The summed E-state index contributed by atoms with van der Waals surface area (Å²) in [6.07, 6.45) is 0.846. The monoisotopic (exact) mass is 172 g/mol. The van der Waals surface area contributed by atoms with Crippen molar-refractivity contribution in [2.75, 3.05) is 6.67 Å². The highest BCUT2D eigenvalue weighted by molar-refractivity contribution is 5.90. The van der Waals surface area contributed by atoms with Gasteiger partial charge in [0, 0.05) is 11.8 Å². The summed E-state index contributed by atoms with van der Waals surface area (Å²) in [7, 11) is 0. The number of halogens is 1. The molecule has 1 N–H and O–H groups in total. The Hall–Kier alpha value is -1.11. The van der Waals surface area contributed by atoms with E-state index in [1.54, 1.807) is 13.8 Å². The number of hydrogen-bond donors (Lipinski definition) is 1. The maximum atomic E-state index is 12.2. The SMILES string of the molecule is CC(C)(CCC#N)C(CF)=NO. The topological polar surface area (TPSA) is 56.4 Å². The lowest BCUT2D eigenvalue weighted by Crippen LogP contribution is -2.25. The number of hydrogen-bond acceptors (Lipinski definition) is 3. The summed E-state index contributed by atoms with van der Waals surface area (Å²) in [6.45, 7) is 2.73. The third kappa shape index (κ3) is 2.87. The molecule has 0 unspecified atom stereocenters. The van der Waals surface area contributed by atoms with Gasteiger partial charge in [0.1, 0.15) is 6.67 Å². The molecule has 0 fully saturated rings. The van der Waals surface area contributed by atoms with E-state index in [4.69, 9.17) is 10.5 Å². The maximum absolute atomic E-state index is 12.2. The van der Waals surface area contributed by atoms with E-state index in [1.165, 1.54) is 0 Å². The summed E-state index contributed by atoms with van der Waals surface area (Å²) in [6, 6.07) is 1.97. The van der Waals surface area contributed by atoms with E-state index in [0.29, 0.717) is 12.8 Å². The lowest BCUT2D eigenvalue weighted by atomic mass is 9.83. The fourth-order valence-electron chi connectivity index (χ4n) is 0.856. The van der Waals surface area contributed by atoms with E-state index >= 15 is 0 Å². The van der Waals surface area contributed by atoms with E-state index in [2.05, 4.69) is 5.16 Å². The van der Waals surface area contributed by atoms with Crippen LogP contribution in [0.2, 0.25) is 0 Å². The molecule has 0 atom stereocenters. The zero-order valence-electron chi connectivity index (χ0n) is 7.34. The Balaban J connectivity index is 4.28. The van der Waals surface area contributed by atoms with Crippen LogP contribution in [0.3, 0.4) is 0 Å². The molecule has 0 aliphatic heterocycles. The Morgan fingerprint density at radius 1 is 1.67 bits per heavy atom. The Morgan fingerprint density at radius 3 is 2.58 bits per heavy atom. The van der Waals surface area contributed by atoms with Crippen LogP contribution < -0.4 is 0 Å². The van der Waals surface area contributed by atoms with Gasteiger partial charge in [0.25, 0.3) is 0 Å². The van der Waals surface area contributed by atoms with Gasteiger partial charge in [-0.25, -0.2) is 4.39 Å². The number of nitrogens with zero attached hydrogens (tertiary/aromatic N) is 2. The van der Waals surface area contributed by atoms with E-state index in [1.807, 2.05) is 6.07 Å². The molecule has 0 spiro atoms. The minimum Gasteiger partial charge on any atom is -0.411 e. The van der Waals surface area contributed by atoms with E-state index in [0.717, 1.165) is 0 Å². The molecule has 0 saturated carbocycles. The Morgan fingerprint density at radius 2 is 2.25 bits per heavy atom. The first-order valence-electron chi connectivity index (χ1n) is 3.73. The van der Waals surface area contributed by atoms with Crippen molar-refractivity contribution in [1.82, 2.24) is 0 Å². The smallest absolute Gasteiger partial charge is 0.131 e. The minimum atomic E-state index is -0.769. The molecule has 0 bridgehead atoms. The molecule has 12 heavy (non-hydrogen) atoms. The van der Waals surface area contributed by atoms with Gasteiger partial charge in [-0.2, -0.15) is 5.26 Å². The standard InChI is InChI=1S/C8H13FN2O/c1-8(2,4-3-5-10)7(6-9)11-12/h12H,3-4,6H2,1-2H3. The average Bonchev–Trinajstić information content (AvgIpc) is 2.03. The molecular formula is C8H13FN2O. The molecule has 0 aromatic heterocycles. The average molecular weight is 172 g/mol. The Labute approximate surface area is 71.5 Å². The van der Waals surface area contributed by atoms with Crippen LogP contribution >= 0.6 is 0 Å². The van der Waals surface area contributed by atoms with Gasteiger partial charge in [0.15, 0.2) is 0 Å². The highest BCUT2D eigenvalue weighted by Crippen LogP contribution is 2.24. The van der Waals surface area contributed by atoms with Crippen LogP contribution in [0.5, 0.6) is 0 Å². The zero-order chi connectivity index (χ0) is 9.61. The van der Waals surface area contributed by atoms with Gasteiger partial charge in [-0.1, -0.05) is 19.0 Å². The van der Waals surface area contributed by atoms with Crippen molar-refractivity contribution in [3.05, 3.63) is 0 Å². The third-order valence-corrected chi connectivity index (χ3v) is 1.89. The van der Waals surface area contributed by atoms with Crippen molar-refractivity contribution in [1.29, 1.82) is 5.26 Å². The molecule has 0 aromatic carbocycles. The molecule has 0 rings (SSSR count). The molecule has 0 radical (unpaired) electrons. The largest absolute Gasteiger partial charge is 0.411 e. The second kappa shape index (κ2) is 4.70. The summed E-state index contributed by atoms with van der Waals surface area (Å²) in [5.74, 6) is 0.